The van der Waals surface area contributed by atoms with Gasteiger partial charge in [0.05, 0.1) is 29.8 Å². The van der Waals surface area contributed by atoms with Crippen LogP contribution in [0.25, 0.3) is 0 Å². The molecule has 23 heavy (non-hydrogen) atoms. The number of halogens is 1. The van der Waals surface area contributed by atoms with Crippen LogP contribution in [-0.2, 0) is 16.0 Å². The average molecular weight is 332 g/mol. The predicted molar refractivity (Wildman–Crippen MR) is 91.0 cm³/mol. The molecule has 0 atom stereocenters. The number of rotatable bonds is 4. The molecule has 4 nitrogen and oxygen atoms in total. The molecule has 0 saturated carbocycles. The van der Waals surface area contributed by atoms with Crippen molar-refractivity contribution in [1.82, 2.24) is 0 Å². The molecular weight excluding hydrogens is 314 g/mol. The van der Waals surface area contributed by atoms with E-state index in [0.717, 1.165) is 16.7 Å². The molecule has 0 aromatic heterocycles. The quantitative estimate of drug-likeness (QED) is 0.864. The van der Waals surface area contributed by atoms with E-state index in [-0.39, 0.29) is 12.3 Å². The number of benzene rings is 2. The van der Waals surface area contributed by atoms with Gasteiger partial charge in [-0.25, -0.2) is 4.79 Å². The van der Waals surface area contributed by atoms with E-state index >= 15 is 0 Å². The van der Waals surface area contributed by atoms with E-state index < -0.39 is 5.97 Å². The number of ether oxygens (including phenoxy) is 1. The first-order valence-electron chi connectivity index (χ1n) is 7.14. The van der Waals surface area contributed by atoms with Crippen molar-refractivity contribution >= 4 is 29.2 Å². The van der Waals surface area contributed by atoms with Crippen molar-refractivity contribution in [2.24, 2.45) is 0 Å². The van der Waals surface area contributed by atoms with Gasteiger partial charge in [0.25, 0.3) is 0 Å². The van der Waals surface area contributed by atoms with E-state index in [2.05, 4.69) is 10.1 Å². The van der Waals surface area contributed by atoms with Gasteiger partial charge in [0.1, 0.15) is 0 Å². The summed E-state index contributed by atoms with van der Waals surface area (Å²) in [6.07, 6.45) is 0.241. The molecule has 0 unspecified atom stereocenters. The Bertz CT molecular complexity index is 756. The van der Waals surface area contributed by atoms with Gasteiger partial charge in [-0.15, -0.1) is 0 Å². The van der Waals surface area contributed by atoms with Crippen LogP contribution in [0.2, 0.25) is 5.02 Å². The molecule has 0 heterocycles. The van der Waals surface area contributed by atoms with Crippen molar-refractivity contribution in [2.75, 3.05) is 12.4 Å². The van der Waals surface area contributed by atoms with Gasteiger partial charge in [0.2, 0.25) is 5.91 Å². The zero-order valence-electron chi connectivity index (χ0n) is 13.3. The summed E-state index contributed by atoms with van der Waals surface area (Å²) in [5.74, 6) is -0.674. The van der Waals surface area contributed by atoms with Gasteiger partial charge in [-0.05, 0) is 43.2 Å². The highest BCUT2D eigenvalue weighted by Gasteiger charge is 2.12. The van der Waals surface area contributed by atoms with Crippen LogP contribution >= 0.6 is 11.6 Å². The number of carbonyl (C=O) groups is 2. The highest BCUT2D eigenvalue weighted by molar-refractivity contribution is 6.33. The summed E-state index contributed by atoms with van der Waals surface area (Å²) in [7, 11) is 1.30. The first kappa shape index (κ1) is 17.0. The van der Waals surface area contributed by atoms with Crippen molar-refractivity contribution in [3.05, 3.63) is 63.7 Å². The molecule has 0 radical (unpaired) electrons. The number of carbonyl (C=O) groups excluding carboxylic acids is 2. The van der Waals surface area contributed by atoms with Crippen LogP contribution in [0.5, 0.6) is 0 Å². The fraction of sp³-hybridized carbons (Fsp3) is 0.222. The molecule has 0 spiro atoms. The molecule has 0 saturated heterocycles. The first-order valence-corrected chi connectivity index (χ1v) is 7.52. The highest BCUT2D eigenvalue weighted by atomic mass is 35.5. The van der Waals surface area contributed by atoms with E-state index in [1.54, 1.807) is 12.1 Å². The van der Waals surface area contributed by atoms with Gasteiger partial charge < -0.3 is 10.1 Å². The largest absolute Gasteiger partial charge is 0.465 e. The Labute approximate surface area is 140 Å². The molecule has 0 aliphatic rings. The number of esters is 1. The predicted octanol–water partition coefficient (Wildman–Crippen LogP) is 3.92. The Hall–Kier alpha value is -2.33. The zero-order chi connectivity index (χ0) is 17.0. The number of methoxy groups -OCH3 is 1. The Morgan fingerprint density at radius 3 is 2.52 bits per heavy atom. The van der Waals surface area contributed by atoms with Gasteiger partial charge in [-0.2, -0.15) is 0 Å². The van der Waals surface area contributed by atoms with Crippen molar-refractivity contribution < 1.29 is 14.3 Å². The molecule has 0 bridgehead atoms. The number of aryl methyl sites for hydroxylation is 2. The normalized spacial score (nSPS) is 10.3. The number of hydrogen-bond donors (Lipinski definition) is 1. The van der Waals surface area contributed by atoms with Crippen molar-refractivity contribution in [1.29, 1.82) is 0 Å². The Morgan fingerprint density at radius 1 is 1.13 bits per heavy atom. The molecule has 120 valence electrons. The van der Waals surface area contributed by atoms with Crippen LogP contribution in [-0.4, -0.2) is 19.0 Å². The van der Waals surface area contributed by atoms with E-state index in [9.17, 15) is 9.59 Å². The van der Waals surface area contributed by atoms with Crippen LogP contribution < -0.4 is 5.32 Å². The van der Waals surface area contributed by atoms with Gasteiger partial charge in [-0.3, -0.25) is 4.79 Å². The smallest absolute Gasteiger partial charge is 0.337 e. The van der Waals surface area contributed by atoms with E-state index in [4.69, 9.17) is 11.6 Å². The minimum Gasteiger partial charge on any atom is -0.465 e. The lowest BCUT2D eigenvalue weighted by atomic mass is 10.0. The van der Waals surface area contributed by atoms with Crippen molar-refractivity contribution in [3.8, 4) is 0 Å². The van der Waals surface area contributed by atoms with E-state index in [1.165, 1.54) is 13.2 Å². The maximum absolute atomic E-state index is 12.2. The topological polar surface area (TPSA) is 55.4 Å². The van der Waals surface area contributed by atoms with Crippen LogP contribution in [0, 0.1) is 13.8 Å². The fourth-order valence-electron chi connectivity index (χ4n) is 2.28. The lowest BCUT2D eigenvalue weighted by molar-refractivity contribution is -0.115. The second-order valence-corrected chi connectivity index (χ2v) is 5.75. The van der Waals surface area contributed by atoms with Gasteiger partial charge >= 0.3 is 5.97 Å². The molecule has 0 aliphatic carbocycles. The summed E-state index contributed by atoms with van der Waals surface area (Å²) in [5, 5.41) is 3.11. The summed E-state index contributed by atoms with van der Waals surface area (Å²) in [6.45, 7) is 3.98. The fourth-order valence-corrected chi connectivity index (χ4v) is 2.44. The number of hydrogen-bond acceptors (Lipinski definition) is 3. The molecule has 2 rings (SSSR count). The third kappa shape index (κ3) is 4.33. The summed E-state index contributed by atoms with van der Waals surface area (Å²) >= 11 is 6.08. The summed E-state index contributed by atoms with van der Waals surface area (Å²) in [5.41, 5.74) is 3.89. The Morgan fingerprint density at radius 2 is 1.87 bits per heavy atom. The molecule has 5 heteroatoms. The maximum atomic E-state index is 12.2. The standard InChI is InChI=1S/C18H18ClNO3/c1-11-4-5-13(12(2)8-11)10-17(21)20-16-9-14(18(22)23-3)6-7-15(16)19/h4-9H,10H2,1-3H3,(H,20,21). The molecule has 1 amide bonds. The molecule has 0 aliphatic heterocycles. The third-order valence-electron chi connectivity index (χ3n) is 3.51. The van der Waals surface area contributed by atoms with Crippen LogP contribution in [0.15, 0.2) is 36.4 Å². The van der Waals surface area contributed by atoms with Crippen LogP contribution in [0.1, 0.15) is 27.0 Å². The first-order chi connectivity index (χ1) is 10.9. The van der Waals surface area contributed by atoms with Crippen LogP contribution in [0.4, 0.5) is 5.69 Å². The summed E-state index contributed by atoms with van der Waals surface area (Å²) in [6, 6.07) is 10.6. The van der Waals surface area contributed by atoms with Gasteiger partial charge in [-0.1, -0.05) is 35.4 Å². The Kier molecular flexibility index (Phi) is 5.40. The molecular formula is C18H18ClNO3. The minimum absolute atomic E-state index is 0.194. The van der Waals surface area contributed by atoms with Crippen molar-refractivity contribution in [3.63, 3.8) is 0 Å². The van der Waals surface area contributed by atoms with Gasteiger partial charge in [0, 0.05) is 0 Å². The molecule has 2 aromatic carbocycles. The Balaban J connectivity index is 2.15. The summed E-state index contributed by atoms with van der Waals surface area (Å²) < 4.78 is 4.66. The van der Waals surface area contributed by atoms with E-state index in [0.29, 0.717) is 16.3 Å². The lowest BCUT2D eigenvalue weighted by Crippen LogP contribution is -2.16. The molecule has 2 aromatic rings. The van der Waals surface area contributed by atoms with Gasteiger partial charge in [0.15, 0.2) is 0 Å². The lowest BCUT2D eigenvalue weighted by Gasteiger charge is -2.10. The monoisotopic (exact) mass is 331 g/mol. The molecule has 1 N–H and O–H groups in total. The van der Waals surface area contributed by atoms with Crippen molar-refractivity contribution in [2.45, 2.75) is 20.3 Å². The second kappa shape index (κ2) is 7.29. The molecule has 0 fully saturated rings. The van der Waals surface area contributed by atoms with Crippen LogP contribution in [0.3, 0.4) is 0 Å². The zero-order valence-corrected chi connectivity index (χ0v) is 14.0. The number of amides is 1. The number of anilines is 1. The minimum atomic E-state index is -0.480. The second-order valence-electron chi connectivity index (χ2n) is 5.34. The highest BCUT2D eigenvalue weighted by Crippen LogP contribution is 2.24. The average Bonchev–Trinajstić information content (AvgIpc) is 2.51. The third-order valence-corrected chi connectivity index (χ3v) is 3.84. The maximum Gasteiger partial charge on any atom is 0.337 e. The number of nitrogens with one attached hydrogen (secondary N) is 1. The summed E-state index contributed by atoms with van der Waals surface area (Å²) in [4.78, 5) is 23.8. The van der Waals surface area contributed by atoms with E-state index in [1.807, 2.05) is 32.0 Å². The SMILES string of the molecule is COC(=O)c1ccc(Cl)c(NC(=O)Cc2ccc(C)cc2C)c1.